The Bertz CT molecular complexity index is 1940. The lowest BCUT2D eigenvalue weighted by molar-refractivity contribution is -0.121. The Morgan fingerprint density at radius 1 is 1.02 bits per heavy atom. The van der Waals surface area contributed by atoms with Gasteiger partial charge in [0.1, 0.15) is 11.4 Å². The van der Waals surface area contributed by atoms with Crippen molar-refractivity contribution in [3.8, 4) is 0 Å². The summed E-state index contributed by atoms with van der Waals surface area (Å²) < 4.78 is 19.9. The minimum atomic E-state index is -1.80. The summed E-state index contributed by atoms with van der Waals surface area (Å²) in [4.78, 5) is 45.2. The molecule has 2 aliphatic rings. The van der Waals surface area contributed by atoms with Crippen molar-refractivity contribution in [1.82, 2.24) is 10.2 Å². The summed E-state index contributed by atoms with van der Waals surface area (Å²) in [5.41, 5.74) is 0.813. The largest absolute Gasteiger partial charge is 0.450 e. The number of rotatable bonds is 4. The molecule has 11 heteroatoms. The van der Waals surface area contributed by atoms with Gasteiger partial charge in [-0.15, -0.1) is 10.2 Å². The van der Waals surface area contributed by atoms with Gasteiger partial charge in [-0.25, -0.2) is 4.39 Å². The van der Waals surface area contributed by atoms with Crippen LogP contribution in [0.2, 0.25) is 0 Å². The van der Waals surface area contributed by atoms with Gasteiger partial charge in [-0.05, 0) is 42.8 Å². The van der Waals surface area contributed by atoms with Crippen LogP contribution in [0.4, 0.5) is 15.2 Å². The molecule has 40 heavy (non-hydrogen) atoms. The minimum Gasteiger partial charge on any atom is -0.450 e. The van der Waals surface area contributed by atoms with Crippen molar-refractivity contribution in [2.24, 2.45) is 0 Å². The summed E-state index contributed by atoms with van der Waals surface area (Å²) in [6.45, 7) is 1.86. The first-order chi connectivity index (χ1) is 19.3. The van der Waals surface area contributed by atoms with Crippen LogP contribution in [0.1, 0.15) is 32.8 Å². The number of thioether (sulfide) groups is 1. The first-order valence-electron chi connectivity index (χ1n) is 12.3. The van der Waals surface area contributed by atoms with Gasteiger partial charge < -0.3 is 9.32 Å². The third kappa shape index (κ3) is 3.34. The standard InChI is InChI=1S/C29H19FN4O4S2/c1-15-7-12-21-18(13-15)23(35)22-24(38-21)25(36)34(29(22)19-5-3-4-6-20(19)33(2)26(29)37)27-31-32-28(40-27)39-14-16-8-10-17(30)11-9-16/h3-13H,14H2,1-2H3. The molecule has 1 spiro atoms. The molecule has 2 aromatic heterocycles. The van der Waals surface area contributed by atoms with Crippen LogP contribution in [-0.2, 0) is 16.1 Å². The number of benzene rings is 3. The molecule has 0 radical (unpaired) electrons. The van der Waals surface area contributed by atoms with Crippen molar-refractivity contribution in [2.45, 2.75) is 22.6 Å². The molecular weight excluding hydrogens is 551 g/mol. The second kappa shape index (κ2) is 8.83. The summed E-state index contributed by atoms with van der Waals surface area (Å²) in [6, 6.07) is 18.4. The van der Waals surface area contributed by atoms with E-state index in [9.17, 15) is 18.8 Å². The van der Waals surface area contributed by atoms with Crippen molar-refractivity contribution < 1.29 is 18.4 Å². The van der Waals surface area contributed by atoms with Crippen molar-refractivity contribution in [1.29, 1.82) is 0 Å². The molecule has 8 nitrogen and oxygen atoms in total. The molecule has 7 rings (SSSR count). The normalized spacial score (nSPS) is 17.8. The number of halogens is 1. The van der Waals surface area contributed by atoms with Gasteiger partial charge in [0.05, 0.1) is 10.9 Å². The zero-order valence-electron chi connectivity index (χ0n) is 21.2. The van der Waals surface area contributed by atoms with Gasteiger partial charge in [-0.1, -0.05) is 65.1 Å². The highest BCUT2D eigenvalue weighted by molar-refractivity contribution is 8.00. The van der Waals surface area contributed by atoms with Crippen molar-refractivity contribution in [3.05, 3.63) is 111 Å². The number of amides is 2. The van der Waals surface area contributed by atoms with Crippen LogP contribution >= 0.6 is 23.1 Å². The monoisotopic (exact) mass is 570 g/mol. The molecule has 198 valence electrons. The van der Waals surface area contributed by atoms with Crippen molar-refractivity contribution in [2.75, 3.05) is 16.8 Å². The fourth-order valence-electron chi connectivity index (χ4n) is 5.46. The zero-order valence-corrected chi connectivity index (χ0v) is 22.8. The first kappa shape index (κ1) is 24.7. The smallest absolute Gasteiger partial charge is 0.297 e. The Morgan fingerprint density at radius 3 is 2.60 bits per heavy atom. The van der Waals surface area contributed by atoms with E-state index in [0.29, 0.717) is 26.7 Å². The molecule has 4 heterocycles. The Hall–Kier alpha value is -4.35. The predicted molar refractivity (Wildman–Crippen MR) is 151 cm³/mol. The molecule has 0 N–H and O–H groups in total. The molecule has 5 aromatic rings. The quantitative estimate of drug-likeness (QED) is 0.215. The highest BCUT2D eigenvalue weighted by atomic mass is 32.2. The summed E-state index contributed by atoms with van der Waals surface area (Å²) in [5, 5.41) is 9.02. The summed E-state index contributed by atoms with van der Waals surface area (Å²) in [5.74, 6) is -1.10. The number of nitrogens with zero attached hydrogens (tertiary/aromatic N) is 4. The highest BCUT2D eigenvalue weighted by Gasteiger charge is 2.66. The highest BCUT2D eigenvalue weighted by Crippen LogP contribution is 2.54. The molecule has 1 atom stereocenters. The molecule has 2 aliphatic heterocycles. The molecule has 0 saturated heterocycles. The van der Waals surface area contributed by atoms with Crippen LogP contribution in [-0.4, -0.2) is 29.1 Å². The second-order valence-electron chi connectivity index (χ2n) is 9.63. The number of likely N-dealkylation sites (N-methyl/N-ethyl adjacent to an activating group) is 1. The number of para-hydroxylation sites is 1. The average Bonchev–Trinajstić information content (AvgIpc) is 3.59. The van der Waals surface area contributed by atoms with Crippen LogP contribution in [0.25, 0.3) is 11.0 Å². The number of hydrogen-bond acceptors (Lipinski definition) is 8. The SMILES string of the molecule is Cc1ccc2oc3c(c(=O)c2c1)C1(C(=O)N(C)c2ccccc21)N(c1nnc(SCc2ccc(F)cc2)s1)C3=O. The van der Waals surface area contributed by atoms with E-state index in [-0.39, 0.29) is 27.9 Å². The van der Waals surface area contributed by atoms with Gasteiger partial charge in [0.15, 0.2) is 15.3 Å². The van der Waals surface area contributed by atoms with Crippen molar-refractivity contribution in [3.63, 3.8) is 0 Å². The lowest BCUT2D eigenvalue weighted by Gasteiger charge is -2.31. The van der Waals surface area contributed by atoms with E-state index < -0.39 is 22.8 Å². The Labute approximate surface area is 235 Å². The van der Waals surface area contributed by atoms with Crippen LogP contribution in [0.15, 0.2) is 80.3 Å². The van der Waals surface area contributed by atoms with Crippen molar-refractivity contribution >= 4 is 56.7 Å². The van der Waals surface area contributed by atoms with E-state index >= 15 is 0 Å². The molecule has 3 aromatic carbocycles. The van der Waals surface area contributed by atoms with E-state index in [2.05, 4.69) is 10.2 Å². The molecule has 2 amide bonds. The molecular formula is C29H19FN4O4S2. The maximum atomic E-state index is 14.3. The Morgan fingerprint density at radius 2 is 1.80 bits per heavy atom. The molecule has 0 aliphatic carbocycles. The fraction of sp³-hybridized carbons (Fsp3) is 0.138. The summed E-state index contributed by atoms with van der Waals surface area (Å²) in [6.07, 6.45) is 0. The topological polar surface area (TPSA) is 96.6 Å². The van der Waals surface area contributed by atoms with E-state index in [1.807, 2.05) is 6.92 Å². The average molecular weight is 571 g/mol. The van der Waals surface area contributed by atoms with E-state index in [0.717, 1.165) is 22.5 Å². The summed E-state index contributed by atoms with van der Waals surface area (Å²) >= 11 is 2.51. The third-order valence-corrected chi connectivity index (χ3v) is 9.39. The number of fused-ring (bicyclic) bond motifs is 5. The Kier molecular flexibility index (Phi) is 5.45. The fourth-order valence-corrected chi connectivity index (χ4v) is 7.31. The van der Waals surface area contributed by atoms with E-state index in [4.69, 9.17) is 4.42 Å². The molecule has 0 saturated carbocycles. The van der Waals surface area contributed by atoms with Gasteiger partial charge in [-0.3, -0.25) is 19.3 Å². The lowest BCUT2D eigenvalue weighted by atomic mass is 9.84. The van der Waals surface area contributed by atoms with E-state index in [1.54, 1.807) is 61.6 Å². The number of aromatic nitrogens is 2. The first-order valence-corrected chi connectivity index (χ1v) is 14.1. The van der Waals surface area contributed by atoms with Crippen LogP contribution in [0.5, 0.6) is 0 Å². The predicted octanol–water partition coefficient (Wildman–Crippen LogP) is 5.26. The lowest BCUT2D eigenvalue weighted by Crippen LogP contribution is -2.53. The maximum Gasteiger partial charge on any atom is 0.297 e. The molecule has 0 fully saturated rings. The van der Waals surface area contributed by atoms with Crippen LogP contribution < -0.4 is 15.2 Å². The van der Waals surface area contributed by atoms with Crippen LogP contribution in [0.3, 0.4) is 0 Å². The third-order valence-electron chi connectivity index (χ3n) is 7.27. The van der Waals surface area contributed by atoms with E-state index in [1.165, 1.54) is 33.7 Å². The zero-order chi connectivity index (χ0) is 27.8. The number of hydrogen-bond donors (Lipinski definition) is 0. The molecule has 1 unspecified atom stereocenters. The second-order valence-corrected chi connectivity index (χ2v) is 11.8. The number of aryl methyl sites for hydroxylation is 1. The minimum absolute atomic E-state index is 0.0203. The van der Waals surface area contributed by atoms with Crippen LogP contribution in [0, 0.1) is 12.7 Å². The number of carbonyl (C=O) groups excluding carboxylic acids is 2. The number of carbonyl (C=O) groups is 2. The molecule has 0 bridgehead atoms. The van der Waals surface area contributed by atoms with Gasteiger partial charge in [0.2, 0.25) is 10.9 Å². The van der Waals surface area contributed by atoms with Gasteiger partial charge >= 0.3 is 0 Å². The van der Waals surface area contributed by atoms with Gasteiger partial charge in [0, 0.05) is 24.1 Å². The maximum absolute atomic E-state index is 14.3. The van der Waals surface area contributed by atoms with Gasteiger partial charge in [-0.2, -0.15) is 0 Å². The summed E-state index contributed by atoms with van der Waals surface area (Å²) in [7, 11) is 1.62. The van der Waals surface area contributed by atoms with Gasteiger partial charge in [0.25, 0.3) is 11.8 Å². The Balaban J connectivity index is 1.42. The number of anilines is 2.